The zero-order valence-corrected chi connectivity index (χ0v) is 23.7. The number of benzene rings is 1. The number of rotatable bonds is 7. The predicted octanol–water partition coefficient (Wildman–Crippen LogP) is 0.414. The van der Waals surface area contributed by atoms with Crippen molar-refractivity contribution in [2.45, 2.75) is 49.8 Å². The number of hydrogen-bond acceptors (Lipinski definition) is 11. The first-order valence-electron chi connectivity index (χ1n) is 13.1. The number of aromatic nitrogens is 6. The predicted molar refractivity (Wildman–Crippen MR) is 149 cm³/mol. The van der Waals surface area contributed by atoms with Gasteiger partial charge in [-0.15, -0.1) is 16.4 Å². The number of amidine groups is 1. The van der Waals surface area contributed by atoms with Crippen LogP contribution in [0.5, 0.6) is 0 Å². The van der Waals surface area contributed by atoms with Crippen LogP contribution in [0.4, 0.5) is 0 Å². The number of aromatic amines is 2. The number of fused-ring (bicyclic) bond motifs is 2. The molecule has 1 saturated heterocycles. The lowest BCUT2D eigenvalue weighted by atomic mass is 10.1. The maximum Gasteiger partial charge on any atom is 0.283 e. The number of thiazole rings is 1. The Bertz CT molecular complexity index is 1710. The van der Waals surface area contributed by atoms with Crippen LogP contribution in [-0.2, 0) is 29.4 Å². The van der Waals surface area contributed by atoms with Crippen LogP contribution < -0.4 is 11.1 Å². The highest BCUT2D eigenvalue weighted by Crippen LogP contribution is 2.29. The summed E-state index contributed by atoms with van der Waals surface area (Å²) in [6, 6.07) is 6.36. The van der Waals surface area contributed by atoms with Crippen molar-refractivity contribution in [3.05, 3.63) is 51.2 Å². The molecule has 2 unspecified atom stereocenters. The van der Waals surface area contributed by atoms with E-state index in [0.29, 0.717) is 52.7 Å². The second-order valence-corrected chi connectivity index (χ2v) is 13.2. The van der Waals surface area contributed by atoms with Crippen molar-refractivity contribution in [2.24, 2.45) is 10.9 Å². The summed E-state index contributed by atoms with van der Waals surface area (Å²) in [6.07, 6.45) is 1.65. The minimum absolute atomic E-state index is 0.0244. The van der Waals surface area contributed by atoms with Gasteiger partial charge in [-0.2, -0.15) is 4.31 Å². The summed E-state index contributed by atoms with van der Waals surface area (Å²) in [5.74, 6) is 0.283. The van der Waals surface area contributed by atoms with Gasteiger partial charge in [0.05, 0.1) is 5.69 Å². The van der Waals surface area contributed by atoms with E-state index in [2.05, 4.69) is 48.0 Å². The molecule has 0 aliphatic carbocycles. The third-order valence-electron chi connectivity index (χ3n) is 7.50. The first-order chi connectivity index (χ1) is 19.7. The number of H-pyrrole nitrogens is 2. The fourth-order valence-corrected chi connectivity index (χ4v) is 7.75. The Balaban J connectivity index is 1.26. The van der Waals surface area contributed by atoms with Gasteiger partial charge in [0, 0.05) is 72.4 Å². The standard InChI is InChI=1S/C24H29N11O4S2/c1-13-8-18-19(11-26-13)40-23(28-18)24(36)35-7-6-34(12-16(35)3-5-20-29-32-33-30-20)41(38,39)21-10-15-9-14(22(25)31-37)2-4-17(15)27-21/h2,4,9-10,13,16,26-27,37H,3,5-8,11-12H2,1H3,(H2,25,31)(H,29,30,32,33). The summed E-state index contributed by atoms with van der Waals surface area (Å²) in [5, 5.41) is 30.3. The molecule has 1 amide bonds. The molecule has 3 aromatic heterocycles. The lowest BCUT2D eigenvalue weighted by molar-refractivity contribution is 0.0549. The van der Waals surface area contributed by atoms with Gasteiger partial charge in [-0.1, -0.05) is 5.16 Å². The van der Waals surface area contributed by atoms with Crippen LogP contribution in [0.1, 0.15) is 45.1 Å². The molecule has 1 aromatic carbocycles. The number of tetrazole rings is 1. The van der Waals surface area contributed by atoms with E-state index in [-0.39, 0.29) is 36.4 Å². The van der Waals surface area contributed by atoms with Crippen molar-refractivity contribution in [1.29, 1.82) is 0 Å². The SMILES string of the molecule is CC1Cc2nc(C(=O)N3CCN(S(=O)(=O)c4cc5cc(/C(N)=N\O)ccc5[nH]4)CC3CCc3nnn[nH]3)sc2CN1. The van der Waals surface area contributed by atoms with Crippen molar-refractivity contribution in [2.75, 3.05) is 19.6 Å². The smallest absolute Gasteiger partial charge is 0.283 e. The third kappa shape index (κ3) is 5.28. The van der Waals surface area contributed by atoms with E-state index in [4.69, 9.17) is 10.9 Å². The van der Waals surface area contributed by atoms with Crippen LogP contribution in [0.25, 0.3) is 10.9 Å². The molecule has 0 saturated carbocycles. The van der Waals surface area contributed by atoms with Crippen molar-refractivity contribution in [3.63, 3.8) is 0 Å². The normalized spacial score (nSPS) is 20.4. The number of amides is 1. The van der Waals surface area contributed by atoms with E-state index in [1.165, 1.54) is 21.7 Å². The van der Waals surface area contributed by atoms with Crippen LogP contribution in [0.3, 0.4) is 0 Å². The van der Waals surface area contributed by atoms with Crippen molar-refractivity contribution < 1.29 is 18.4 Å². The second-order valence-electron chi connectivity index (χ2n) is 10.2. The molecule has 2 atom stereocenters. The van der Waals surface area contributed by atoms with Gasteiger partial charge in [0.15, 0.2) is 10.8 Å². The summed E-state index contributed by atoms with van der Waals surface area (Å²) < 4.78 is 28.9. The first kappa shape index (κ1) is 27.3. The molecule has 6 N–H and O–H groups in total. The highest BCUT2D eigenvalue weighted by molar-refractivity contribution is 7.89. The van der Waals surface area contributed by atoms with Crippen LogP contribution >= 0.6 is 11.3 Å². The molecule has 2 aliphatic heterocycles. The van der Waals surface area contributed by atoms with Crippen molar-refractivity contribution >= 4 is 44.0 Å². The Morgan fingerprint density at radius 3 is 2.93 bits per heavy atom. The van der Waals surface area contributed by atoms with Crippen LogP contribution in [-0.4, -0.2) is 96.9 Å². The zero-order chi connectivity index (χ0) is 28.7. The van der Waals surface area contributed by atoms with Crippen LogP contribution in [0, 0.1) is 0 Å². The van der Waals surface area contributed by atoms with Crippen molar-refractivity contribution in [1.82, 2.24) is 45.1 Å². The summed E-state index contributed by atoms with van der Waals surface area (Å²) in [7, 11) is -3.93. The van der Waals surface area contributed by atoms with E-state index in [0.717, 1.165) is 17.0 Å². The fourth-order valence-electron chi connectivity index (χ4n) is 5.27. The van der Waals surface area contributed by atoms with Gasteiger partial charge in [0.1, 0.15) is 10.9 Å². The number of sulfonamides is 1. The largest absolute Gasteiger partial charge is 0.409 e. The molecule has 0 bridgehead atoms. The topological polar surface area (TPSA) is 211 Å². The fraction of sp³-hybridized carbons (Fsp3) is 0.417. The second kappa shape index (κ2) is 10.8. The van der Waals surface area contributed by atoms with Gasteiger partial charge in [-0.05, 0) is 48.0 Å². The summed E-state index contributed by atoms with van der Waals surface area (Å²) in [5.41, 5.74) is 7.70. The number of hydrogen-bond donors (Lipinski definition) is 5. The number of aryl methyl sites for hydroxylation is 1. The molecule has 41 heavy (non-hydrogen) atoms. The molecule has 216 valence electrons. The molecule has 1 fully saturated rings. The van der Waals surface area contributed by atoms with E-state index in [9.17, 15) is 13.2 Å². The van der Waals surface area contributed by atoms with Gasteiger partial charge in [-0.3, -0.25) is 4.79 Å². The Labute approximate surface area is 238 Å². The first-order valence-corrected chi connectivity index (χ1v) is 15.3. The average molecular weight is 600 g/mol. The highest BCUT2D eigenvalue weighted by atomic mass is 32.2. The minimum atomic E-state index is -3.93. The maximum atomic E-state index is 13.8. The van der Waals surface area contributed by atoms with E-state index in [1.54, 1.807) is 23.1 Å². The number of nitrogens with one attached hydrogen (secondary N) is 3. The molecular weight excluding hydrogens is 570 g/mol. The van der Waals surface area contributed by atoms with Crippen LogP contribution in [0.2, 0.25) is 0 Å². The quantitative estimate of drug-likeness (QED) is 0.0854. The number of carbonyl (C=O) groups is 1. The Kier molecular flexibility index (Phi) is 7.18. The molecule has 2 aliphatic rings. The number of piperazine rings is 1. The Morgan fingerprint density at radius 2 is 2.15 bits per heavy atom. The molecule has 5 heterocycles. The molecule has 4 aromatic rings. The van der Waals surface area contributed by atoms with Crippen LogP contribution in [0.15, 0.2) is 34.4 Å². The van der Waals surface area contributed by atoms with Gasteiger partial charge >= 0.3 is 0 Å². The third-order valence-corrected chi connectivity index (χ3v) is 10.4. The summed E-state index contributed by atoms with van der Waals surface area (Å²) >= 11 is 1.39. The monoisotopic (exact) mass is 599 g/mol. The number of nitrogens with two attached hydrogens (primary N) is 1. The molecule has 6 rings (SSSR count). The lowest BCUT2D eigenvalue weighted by Crippen LogP contribution is -2.56. The summed E-state index contributed by atoms with van der Waals surface area (Å²) in [6.45, 7) is 3.21. The van der Waals surface area contributed by atoms with Crippen molar-refractivity contribution in [3.8, 4) is 0 Å². The minimum Gasteiger partial charge on any atom is -0.409 e. The van der Waals surface area contributed by atoms with Gasteiger partial charge < -0.3 is 26.1 Å². The van der Waals surface area contributed by atoms with E-state index < -0.39 is 16.1 Å². The molecule has 0 spiro atoms. The number of carbonyl (C=O) groups excluding carboxylic acids is 1. The average Bonchev–Trinajstić information content (AvgIpc) is 3.74. The maximum absolute atomic E-state index is 13.8. The van der Waals surface area contributed by atoms with Gasteiger partial charge in [0.2, 0.25) is 0 Å². The van der Waals surface area contributed by atoms with E-state index >= 15 is 0 Å². The van der Waals surface area contributed by atoms with Gasteiger partial charge in [0.25, 0.3) is 15.9 Å². The number of nitrogens with zero attached hydrogens (tertiary/aromatic N) is 7. The molecule has 17 heteroatoms. The zero-order valence-electron chi connectivity index (χ0n) is 22.1. The van der Waals surface area contributed by atoms with E-state index in [1.807, 2.05) is 0 Å². The number of oxime groups is 1. The summed E-state index contributed by atoms with van der Waals surface area (Å²) in [4.78, 5) is 24.2. The molecule has 0 radical (unpaired) electrons. The Hall–Kier alpha value is -3.93. The lowest BCUT2D eigenvalue weighted by Gasteiger charge is -2.40. The highest BCUT2D eigenvalue weighted by Gasteiger charge is 2.38. The Morgan fingerprint density at radius 1 is 1.29 bits per heavy atom. The van der Waals surface area contributed by atoms with Gasteiger partial charge in [-0.25, -0.2) is 18.5 Å². The molecule has 15 nitrogen and oxygen atoms in total. The molecular formula is C24H29N11O4S2.